The highest BCUT2D eigenvalue weighted by Gasteiger charge is 2.63. The number of aliphatic hydroxyl groups excluding tert-OH is 3. The zero-order valence-electron chi connectivity index (χ0n) is 8.11. The molecule has 0 amide bonds. The van der Waals surface area contributed by atoms with E-state index in [-0.39, 0.29) is 0 Å². The predicted molar refractivity (Wildman–Crippen MR) is 47.5 cm³/mol. The van der Waals surface area contributed by atoms with Crippen LogP contribution in [0.5, 0.6) is 0 Å². The van der Waals surface area contributed by atoms with E-state index in [0.29, 0.717) is 0 Å². The molecule has 5 atom stereocenters. The van der Waals surface area contributed by atoms with E-state index in [1.54, 1.807) is 0 Å². The average Bonchev–Trinajstić information content (AvgIpc) is 2.18. The van der Waals surface area contributed by atoms with Crippen LogP contribution in [0, 0.1) is 0 Å². The fraction of sp³-hybridized carbons (Fsp3) is 0.833. The summed E-state index contributed by atoms with van der Waals surface area (Å²) in [5, 5.41) is 45.6. The lowest BCUT2D eigenvalue weighted by Crippen LogP contribution is -2.65. The van der Waals surface area contributed by atoms with E-state index in [1.807, 2.05) is 0 Å². The van der Waals surface area contributed by atoms with Crippen molar-refractivity contribution in [2.45, 2.75) is 29.9 Å². The van der Waals surface area contributed by atoms with Crippen LogP contribution in [0.2, 0.25) is 0 Å². The second kappa shape index (κ2) is 4.26. The Labute approximate surface area is 93.9 Å². The summed E-state index contributed by atoms with van der Waals surface area (Å²) in [6.07, 6.45) is -9.28. The van der Waals surface area contributed by atoms with Gasteiger partial charge in [0.05, 0.1) is 0 Å². The highest BCUT2D eigenvalue weighted by Crippen LogP contribution is 2.54. The molecule has 0 aromatic heterocycles. The van der Waals surface area contributed by atoms with Gasteiger partial charge in [-0.3, -0.25) is 4.57 Å². The highest BCUT2D eigenvalue weighted by atomic mass is 31.2. The van der Waals surface area contributed by atoms with Crippen LogP contribution in [0.3, 0.4) is 0 Å². The molecule has 11 heteroatoms. The molecular weight excluding hydrogens is 263 g/mol. The average molecular weight is 274 g/mol. The predicted octanol–water partition coefficient (Wildman–Crippen LogP) is -3.62. The number of carboxylic acids is 1. The van der Waals surface area contributed by atoms with E-state index in [9.17, 15) is 29.8 Å². The minimum atomic E-state index is -5.50. The van der Waals surface area contributed by atoms with Gasteiger partial charge in [0, 0.05) is 0 Å². The van der Waals surface area contributed by atoms with Crippen molar-refractivity contribution in [3.05, 3.63) is 0 Å². The zero-order valence-corrected chi connectivity index (χ0v) is 9.01. The molecule has 0 radical (unpaired) electrons. The first kappa shape index (κ1) is 14.5. The van der Waals surface area contributed by atoms with Crippen LogP contribution in [0.25, 0.3) is 0 Å². The van der Waals surface area contributed by atoms with Crippen LogP contribution in [0.4, 0.5) is 0 Å². The Balaban J connectivity index is 3.18. The van der Waals surface area contributed by atoms with Crippen molar-refractivity contribution in [3.63, 3.8) is 0 Å². The molecule has 10 nitrogen and oxygen atoms in total. The highest BCUT2D eigenvalue weighted by molar-refractivity contribution is 7.53. The molecule has 1 saturated heterocycles. The quantitative estimate of drug-likeness (QED) is 0.248. The SMILES string of the molecule is O=C(O)[C@H]1OC(O)(P(=O)(O)O)[C@H](O)[C@@H](O)[C@@H]1O. The summed E-state index contributed by atoms with van der Waals surface area (Å²) >= 11 is 0. The van der Waals surface area contributed by atoms with Gasteiger partial charge in [0.15, 0.2) is 6.10 Å². The normalized spacial score (nSPS) is 43.4. The Hall–Kier alpha value is -0.580. The topological polar surface area (TPSA) is 185 Å². The monoisotopic (exact) mass is 274 g/mol. The van der Waals surface area contributed by atoms with Crippen LogP contribution in [-0.4, -0.2) is 71.2 Å². The summed E-state index contributed by atoms with van der Waals surface area (Å²) in [7, 11) is -5.50. The number of rotatable bonds is 2. The molecule has 100 valence electrons. The van der Waals surface area contributed by atoms with E-state index >= 15 is 0 Å². The molecule has 1 fully saturated rings. The lowest BCUT2D eigenvalue weighted by molar-refractivity contribution is -0.308. The van der Waals surface area contributed by atoms with Crippen molar-refractivity contribution in [3.8, 4) is 0 Å². The van der Waals surface area contributed by atoms with Gasteiger partial charge in [0.25, 0.3) is 0 Å². The molecule has 1 aliphatic heterocycles. The fourth-order valence-electron chi connectivity index (χ4n) is 1.35. The lowest BCUT2D eigenvalue weighted by atomic mass is 9.99. The molecular formula is C6H11O10P. The van der Waals surface area contributed by atoms with E-state index in [1.165, 1.54) is 0 Å². The van der Waals surface area contributed by atoms with Crippen molar-refractivity contribution >= 4 is 13.6 Å². The van der Waals surface area contributed by atoms with Gasteiger partial charge < -0.3 is 40.1 Å². The number of carbonyl (C=O) groups is 1. The molecule has 0 saturated carbocycles. The van der Waals surface area contributed by atoms with Crippen LogP contribution >= 0.6 is 7.60 Å². The van der Waals surface area contributed by atoms with Crippen molar-refractivity contribution < 1.29 is 49.4 Å². The number of carboxylic acid groups (broad SMARTS) is 1. The van der Waals surface area contributed by atoms with E-state index in [4.69, 9.17) is 14.9 Å². The van der Waals surface area contributed by atoms with Crippen molar-refractivity contribution in [1.82, 2.24) is 0 Å². The minimum absolute atomic E-state index is 1.87. The molecule has 0 aliphatic carbocycles. The summed E-state index contributed by atoms with van der Waals surface area (Å²) in [5.41, 5.74) is -3.59. The Morgan fingerprint density at radius 1 is 1.18 bits per heavy atom. The Morgan fingerprint density at radius 3 is 2.00 bits per heavy atom. The van der Waals surface area contributed by atoms with Gasteiger partial charge in [-0.2, -0.15) is 0 Å². The van der Waals surface area contributed by atoms with Crippen molar-refractivity contribution in [2.75, 3.05) is 0 Å². The number of ether oxygens (including phenoxy) is 1. The lowest BCUT2D eigenvalue weighted by Gasteiger charge is -2.43. The Morgan fingerprint density at radius 2 is 1.65 bits per heavy atom. The fourth-order valence-corrected chi connectivity index (χ4v) is 2.10. The van der Waals surface area contributed by atoms with Gasteiger partial charge in [0.2, 0.25) is 0 Å². The molecule has 0 spiro atoms. The molecule has 17 heavy (non-hydrogen) atoms. The summed E-state index contributed by atoms with van der Waals surface area (Å²) in [5.74, 6) is -1.87. The molecule has 1 unspecified atom stereocenters. The summed E-state index contributed by atoms with van der Waals surface area (Å²) in [4.78, 5) is 28.1. The standard InChI is InChI=1S/C6H11O10P/c7-1-2(8)4(9)6(12,17(13,14)15)16-3(1)5(10)11/h1-4,7-9,12H,(H,10,11)(H2,13,14,15)/t1-,2-,3-,4+,6?/m0/s1. The molecule has 0 bridgehead atoms. The van der Waals surface area contributed by atoms with Crippen LogP contribution in [0.15, 0.2) is 0 Å². The molecule has 1 heterocycles. The number of hydrogen-bond acceptors (Lipinski definition) is 7. The second-order valence-corrected chi connectivity index (χ2v) is 5.23. The zero-order chi connectivity index (χ0) is 13.6. The van der Waals surface area contributed by atoms with Gasteiger partial charge in [-0.25, -0.2) is 4.79 Å². The number of aliphatic hydroxyl groups is 4. The molecule has 0 aromatic carbocycles. The maximum Gasteiger partial charge on any atom is 0.387 e. The van der Waals surface area contributed by atoms with Gasteiger partial charge in [-0.15, -0.1) is 0 Å². The third-order valence-corrected chi connectivity index (χ3v) is 3.53. The maximum absolute atomic E-state index is 10.9. The minimum Gasteiger partial charge on any atom is -0.479 e. The van der Waals surface area contributed by atoms with Gasteiger partial charge in [-0.1, -0.05) is 0 Å². The summed E-state index contributed by atoms with van der Waals surface area (Å²) in [6, 6.07) is 0. The number of hydrogen-bond donors (Lipinski definition) is 7. The van der Waals surface area contributed by atoms with Crippen LogP contribution in [-0.2, 0) is 14.1 Å². The molecule has 0 aromatic rings. The molecule has 7 N–H and O–H groups in total. The van der Waals surface area contributed by atoms with Gasteiger partial charge in [0.1, 0.15) is 18.3 Å². The van der Waals surface area contributed by atoms with E-state index in [2.05, 4.69) is 4.74 Å². The first-order chi connectivity index (χ1) is 7.52. The van der Waals surface area contributed by atoms with Crippen LogP contribution < -0.4 is 0 Å². The summed E-state index contributed by atoms with van der Waals surface area (Å²) in [6.45, 7) is 0. The first-order valence-corrected chi connectivity index (χ1v) is 5.86. The molecule has 1 aliphatic rings. The Bertz CT molecular complexity index is 364. The van der Waals surface area contributed by atoms with E-state index < -0.39 is 43.5 Å². The van der Waals surface area contributed by atoms with Gasteiger partial charge >= 0.3 is 19.1 Å². The Kier molecular flexibility index (Phi) is 3.63. The van der Waals surface area contributed by atoms with Crippen molar-refractivity contribution in [1.29, 1.82) is 0 Å². The third kappa shape index (κ3) is 2.21. The van der Waals surface area contributed by atoms with Gasteiger partial charge in [-0.05, 0) is 0 Å². The third-order valence-electron chi connectivity index (χ3n) is 2.33. The second-order valence-electron chi connectivity index (χ2n) is 3.51. The molecule has 1 rings (SSSR count). The smallest absolute Gasteiger partial charge is 0.387 e. The van der Waals surface area contributed by atoms with E-state index in [0.717, 1.165) is 0 Å². The largest absolute Gasteiger partial charge is 0.479 e. The number of aliphatic carboxylic acids is 1. The first-order valence-electron chi connectivity index (χ1n) is 4.25. The summed E-state index contributed by atoms with van der Waals surface area (Å²) < 4.78 is 15.0. The maximum atomic E-state index is 10.9. The van der Waals surface area contributed by atoms with Crippen LogP contribution in [0.1, 0.15) is 0 Å². The van der Waals surface area contributed by atoms with Crippen molar-refractivity contribution in [2.24, 2.45) is 0 Å².